The van der Waals surface area contributed by atoms with E-state index in [2.05, 4.69) is 10.3 Å². The van der Waals surface area contributed by atoms with Crippen molar-refractivity contribution in [1.82, 2.24) is 4.98 Å². The van der Waals surface area contributed by atoms with E-state index in [-0.39, 0.29) is 5.91 Å². The van der Waals surface area contributed by atoms with Crippen LogP contribution in [0.3, 0.4) is 0 Å². The lowest BCUT2D eigenvalue weighted by Crippen LogP contribution is -2.13. The first-order chi connectivity index (χ1) is 8.08. The summed E-state index contributed by atoms with van der Waals surface area (Å²) in [6.07, 6.45) is 1.67. The number of rotatable bonds is 2. The summed E-state index contributed by atoms with van der Waals surface area (Å²) in [5.74, 6) is -0.0967. The second-order valence-electron chi connectivity index (χ2n) is 4.04. The summed E-state index contributed by atoms with van der Waals surface area (Å²) >= 11 is 1.42. The number of thiazole rings is 1. The summed E-state index contributed by atoms with van der Waals surface area (Å²) < 4.78 is 0. The average Bonchev–Trinajstić information content (AvgIpc) is 2.76. The van der Waals surface area contributed by atoms with Gasteiger partial charge in [-0.05, 0) is 43.5 Å². The lowest BCUT2D eigenvalue weighted by atomic mass is 10.0. The third kappa shape index (κ3) is 2.53. The molecule has 1 N–H and O–H groups in total. The molecule has 0 aliphatic carbocycles. The van der Waals surface area contributed by atoms with Crippen molar-refractivity contribution >= 4 is 22.4 Å². The van der Waals surface area contributed by atoms with Gasteiger partial charge in [-0.15, -0.1) is 11.3 Å². The van der Waals surface area contributed by atoms with Crippen molar-refractivity contribution in [2.24, 2.45) is 0 Å². The van der Waals surface area contributed by atoms with E-state index in [9.17, 15) is 4.79 Å². The molecule has 0 spiro atoms. The van der Waals surface area contributed by atoms with Crippen molar-refractivity contribution in [2.45, 2.75) is 20.8 Å². The number of aromatic nitrogens is 1. The molecule has 0 unspecified atom stereocenters. The van der Waals surface area contributed by atoms with E-state index in [1.165, 1.54) is 16.9 Å². The highest BCUT2D eigenvalue weighted by molar-refractivity contribution is 7.13. The first kappa shape index (κ1) is 11.8. The Hall–Kier alpha value is -1.68. The molecule has 0 aliphatic rings. The molecule has 2 rings (SSSR count). The predicted octanol–water partition coefficient (Wildman–Crippen LogP) is 3.32. The maximum atomic E-state index is 12.1. The molecule has 1 aromatic heterocycles. The number of nitrogens with one attached hydrogen (secondary N) is 1. The number of carbonyl (C=O) groups is 1. The fraction of sp³-hybridized carbons (Fsp3) is 0.231. The third-order valence-corrected chi connectivity index (χ3v) is 3.43. The van der Waals surface area contributed by atoms with Crippen molar-refractivity contribution in [3.8, 4) is 0 Å². The summed E-state index contributed by atoms with van der Waals surface area (Å²) in [7, 11) is 0. The van der Waals surface area contributed by atoms with Gasteiger partial charge in [-0.1, -0.05) is 6.07 Å². The molecule has 17 heavy (non-hydrogen) atoms. The molecule has 0 atom stereocenters. The lowest BCUT2D eigenvalue weighted by Gasteiger charge is -2.09. The van der Waals surface area contributed by atoms with E-state index in [0.717, 1.165) is 11.1 Å². The molecule has 0 saturated heterocycles. The summed E-state index contributed by atoms with van der Waals surface area (Å²) in [5, 5.41) is 5.26. The van der Waals surface area contributed by atoms with Crippen LogP contribution in [-0.4, -0.2) is 10.9 Å². The van der Waals surface area contributed by atoms with Gasteiger partial charge in [-0.3, -0.25) is 10.1 Å². The third-order valence-electron chi connectivity index (χ3n) is 2.74. The molecular formula is C13H14N2OS. The van der Waals surface area contributed by atoms with Gasteiger partial charge < -0.3 is 0 Å². The van der Waals surface area contributed by atoms with Gasteiger partial charge in [0.25, 0.3) is 5.91 Å². The molecule has 0 aliphatic heterocycles. The van der Waals surface area contributed by atoms with E-state index in [0.29, 0.717) is 10.7 Å². The first-order valence-electron chi connectivity index (χ1n) is 5.36. The smallest absolute Gasteiger partial charge is 0.257 e. The number of nitrogens with zero attached hydrogens (tertiary/aromatic N) is 1. The fourth-order valence-corrected chi connectivity index (χ4v) is 2.18. The van der Waals surface area contributed by atoms with Crippen LogP contribution >= 0.6 is 11.3 Å². The minimum atomic E-state index is -0.0967. The molecule has 0 fully saturated rings. The molecule has 88 valence electrons. The van der Waals surface area contributed by atoms with Gasteiger partial charge >= 0.3 is 0 Å². The number of hydrogen-bond acceptors (Lipinski definition) is 3. The standard InChI is InChI=1S/C13H14N2OS/c1-8-6-10(3)11(7-9(8)2)12(16)15-13-14-4-5-17-13/h4-7H,1-3H3,(H,14,15,16). The average molecular weight is 246 g/mol. The normalized spacial score (nSPS) is 10.3. The monoisotopic (exact) mass is 246 g/mol. The molecule has 0 radical (unpaired) electrons. The molecule has 1 heterocycles. The van der Waals surface area contributed by atoms with Gasteiger partial charge in [0, 0.05) is 17.1 Å². The minimum Gasteiger partial charge on any atom is -0.298 e. The van der Waals surface area contributed by atoms with E-state index >= 15 is 0 Å². The zero-order valence-corrected chi connectivity index (χ0v) is 10.9. The van der Waals surface area contributed by atoms with Crippen molar-refractivity contribution in [3.63, 3.8) is 0 Å². The summed E-state index contributed by atoms with van der Waals surface area (Å²) in [6, 6.07) is 3.96. The Morgan fingerprint density at radius 3 is 2.53 bits per heavy atom. The lowest BCUT2D eigenvalue weighted by molar-refractivity contribution is 0.102. The minimum absolute atomic E-state index is 0.0967. The quantitative estimate of drug-likeness (QED) is 0.883. The molecule has 4 heteroatoms. The van der Waals surface area contributed by atoms with Crippen LogP contribution in [0.4, 0.5) is 5.13 Å². The van der Waals surface area contributed by atoms with Gasteiger partial charge in [-0.2, -0.15) is 0 Å². The fourth-order valence-electron chi connectivity index (χ4n) is 1.65. The molecule has 1 aromatic carbocycles. The molecule has 2 aromatic rings. The van der Waals surface area contributed by atoms with Crippen LogP contribution in [0.5, 0.6) is 0 Å². The number of anilines is 1. The Labute approximate surface area is 105 Å². The first-order valence-corrected chi connectivity index (χ1v) is 6.24. The van der Waals surface area contributed by atoms with Crippen LogP contribution < -0.4 is 5.32 Å². The van der Waals surface area contributed by atoms with Crippen LogP contribution in [0.1, 0.15) is 27.0 Å². The van der Waals surface area contributed by atoms with Gasteiger partial charge in [0.15, 0.2) is 5.13 Å². The van der Waals surface area contributed by atoms with Crippen molar-refractivity contribution < 1.29 is 4.79 Å². The molecule has 0 bridgehead atoms. The SMILES string of the molecule is Cc1cc(C)c(C(=O)Nc2nccs2)cc1C. The second-order valence-corrected chi connectivity index (χ2v) is 4.94. The highest BCUT2D eigenvalue weighted by Crippen LogP contribution is 2.18. The van der Waals surface area contributed by atoms with Crippen LogP contribution in [0.2, 0.25) is 0 Å². The van der Waals surface area contributed by atoms with E-state index in [1.54, 1.807) is 6.20 Å². The number of aryl methyl sites for hydroxylation is 3. The van der Waals surface area contributed by atoms with Gasteiger partial charge in [-0.25, -0.2) is 4.98 Å². The molecule has 1 amide bonds. The molecule has 0 saturated carbocycles. The summed E-state index contributed by atoms with van der Waals surface area (Å²) in [4.78, 5) is 16.1. The van der Waals surface area contributed by atoms with Crippen molar-refractivity contribution in [2.75, 3.05) is 5.32 Å². The number of carbonyl (C=O) groups excluding carboxylic acids is 1. The highest BCUT2D eigenvalue weighted by atomic mass is 32.1. The Morgan fingerprint density at radius 1 is 1.18 bits per heavy atom. The maximum absolute atomic E-state index is 12.1. The Bertz CT molecular complexity index is 547. The van der Waals surface area contributed by atoms with Gasteiger partial charge in [0.1, 0.15) is 0 Å². The Balaban J connectivity index is 2.28. The van der Waals surface area contributed by atoms with E-state index in [1.807, 2.05) is 38.3 Å². The zero-order chi connectivity index (χ0) is 12.4. The Morgan fingerprint density at radius 2 is 1.88 bits per heavy atom. The highest BCUT2D eigenvalue weighted by Gasteiger charge is 2.11. The van der Waals surface area contributed by atoms with Crippen molar-refractivity contribution in [3.05, 3.63) is 46.0 Å². The number of amides is 1. The van der Waals surface area contributed by atoms with Crippen LogP contribution in [0.25, 0.3) is 0 Å². The second kappa shape index (κ2) is 4.67. The van der Waals surface area contributed by atoms with Gasteiger partial charge in [0.05, 0.1) is 0 Å². The topological polar surface area (TPSA) is 42.0 Å². The Kier molecular flexibility index (Phi) is 3.24. The van der Waals surface area contributed by atoms with E-state index < -0.39 is 0 Å². The van der Waals surface area contributed by atoms with Crippen LogP contribution in [0, 0.1) is 20.8 Å². The number of hydrogen-bond donors (Lipinski definition) is 1. The summed E-state index contributed by atoms with van der Waals surface area (Å²) in [5.41, 5.74) is 4.03. The van der Waals surface area contributed by atoms with Crippen molar-refractivity contribution in [1.29, 1.82) is 0 Å². The maximum Gasteiger partial charge on any atom is 0.257 e. The largest absolute Gasteiger partial charge is 0.298 e. The summed E-state index contributed by atoms with van der Waals surface area (Å²) in [6.45, 7) is 6.00. The number of benzene rings is 1. The molecule has 3 nitrogen and oxygen atoms in total. The van der Waals surface area contributed by atoms with Gasteiger partial charge in [0.2, 0.25) is 0 Å². The van der Waals surface area contributed by atoms with Crippen LogP contribution in [-0.2, 0) is 0 Å². The van der Waals surface area contributed by atoms with E-state index in [4.69, 9.17) is 0 Å². The molecular weight excluding hydrogens is 232 g/mol. The predicted molar refractivity (Wildman–Crippen MR) is 70.7 cm³/mol. The zero-order valence-electron chi connectivity index (χ0n) is 10.1. The van der Waals surface area contributed by atoms with Crippen LogP contribution in [0.15, 0.2) is 23.7 Å².